The zero-order chi connectivity index (χ0) is 28.9. The molecular weight excluding hydrogens is 502 g/mol. The number of aliphatic hydroxyl groups is 3. The van der Waals surface area contributed by atoms with Gasteiger partial charge in [-0.05, 0) is 111 Å². The molecule has 0 radical (unpaired) electrons. The molecule has 5 aliphatic rings. The third-order valence-electron chi connectivity index (χ3n) is 12.7. The average molecular weight is 563 g/mol. The number of aliphatic hydroxyl groups excluding tert-OH is 3. The highest BCUT2D eigenvalue weighted by Crippen LogP contribution is 2.67. The summed E-state index contributed by atoms with van der Waals surface area (Å²) < 4.78 is 12.9. The molecule has 1 aliphatic heterocycles. The van der Waals surface area contributed by atoms with Crippen molar-refractivity contribution in [3.8, 4) is 0 Å². The highest BCUT2D eigenvalue weighted by molar-refractivity contribution is 5.13. The van der Waals surface area contributed by atoms with E-state index in [1.807, 2.05) is 0 Å². The van der Waals surface area contributed by atoms with Gasteiger partial charge in [-0.1, -0.05) is 32.9 Å². The Morgan fingerprint density at radius 1 is 0.950 bits per heavy atom. The Bertz CT molecular complexity index is 888. The van der Waals surface area contributed by atoms with Crippen LogP contribution in [0.1, 0.15) is 85.0 Å². The lowest BCUT2D eigenvalue weighted by Crippen LogP contribution is -2.60. The minimum Gasteiger partial charge on any atom is -0.388 e. The Labute approximate surface area is 244 Å². The molecule has 0 spiro atoms. The van der Waals surface area contributed by atoms with Crippen molar-refractivity contribution in [1.29, 1.82) is 0 Å². The van der Waals surface area contributed by atoms with Crippen LogP contribution in [0.15, 0.2) is 12.2 Å². The standard InChI is InChI=1S/C34H60NO5/c1-22(10-9-19-39-29(20-35(4,5)6)32-31(38)30(37)28(36)21-40-32)25-14-15-26-24-13-12-23-11-7-8-17-33(23,2)27(24)16-18-34(25,26)3/h7,11,22-32,36-38H,8-10,12-21H2,1-6H3/q+1/t22-,23?,24+,25-,26+,27+,28-,29?,30+,31-,32?,33+,34-/m1/s1. The third-order valence-corrected chi connectivity index (χ3v) is 12.7. The van der Waals surface area contributed by atoms with Crippen LogP contribution in [0.3, 0.4) is 0 Å². The number of ether oxygens (including phenoxy) is 2. The van der Waals surface area contributed by atoms with Crippen LogP contribution < -0.4 is 0 Å². The Morgan fingerprint density at radius 3 is 2.45 bits per heavy atom. The topological polar surface area (TPSA) is 79.2 Å². The summed E-state index contributed by atoms with van der Waals surface area (Å²) in [5.41, 5.74) is 1.02. The maximum atomic E-state index is 10.6. The predicted molar refractivity (Wildman–Crippen MR) is 159 cm³/mol. The largest absolute Gasteiger partial charge is 0.388 e. The molecule has 0 aromatic carbocycles. The van der Waals surface area contributed by atoms with Crippen molar-refractivity contribution >= 4 is 0 Å². The van der Waals surface area contributed by atoms with E-state index < -0.39 is 24.4 Å². The number of fused-ring (bicyclic) bond motifs is 5. The quantitative estimate of drug-likeness (QED) is 0.214. The third kappa shape index (κ3) is 5.84. The molecular formula is C34H60NO5+. The fraction of sp³-hybridized carbons (Fsp3) is 0.941. The first-order chi connectivity index (χ1) is 18.8. The number of likely N-dealkylation sites (N-methyl/N-ethyl adjacent to an activating group) is 1. The van der Waals surface area contributed by atoms with Crippen LogP contribution in [0, 0.1) is 46.3 Å². The normalized spacial score (nSPS) is 46.8. The Hall–Kier alpha value is -0.500. The predicted octanol–water partition coefficient (Wildman–Crippen LogP) is 4.80. The van der Waals surface area contributed by atoms with Crippen LogP contribution in [0.2, 0.25) is 0 Å². The molecule has 0 aromatic rings. The van der Waals surface area contributed by atoms with Crippen LogP contribution in [0.5, 0.6) is 0 Å². The van der Waals surface area contributed by atoms with E-state index in [-0.39, 0.29) is 12.7 Å². The molecule has 1 saturated heterocycles. The Morgan fingerprint density at radius 2 is 1.70 bits per heavy atom. The minimum absolute atomic E-state index is 0.0245. The fourth-order valence-electron chi connectivity index (χ4n) is 10.6. The fourth-order valence-corrected chi connectivity index (χ4v) is 10.6. The summed E-state index contributed by atoms with van der Waals surface area (Å²) in [7, 11) is 6.30. The second-order valence-electron chi connectivity index (χ2n) is 16.1. The summed E-state index contributed by atoms with van der Waals surface area (Å²) in [6, 6.07) is 0. The zero-order valence-electron chi connectivity index (χ0n) is 26.3. The number of hydrogen-bond donors (Lipinski definition) is 3. The molecule has 3 saturated carbocycles. The number of allylic oxidation sites excluding steroid dienone is 2. The SMILES string of the molecule is C[C@H](CCCOC(C[N+](C)(C)C)C1OC[C@@H](O)[C@H](O)[C@H]1O)[C@H]1CC[C@H]2[C@@H]3CCC4C=CCC[C@]4(C)[C@H]3CC[C@]12C. The Balaban J connectivity index is 1.16. The van der Waals surface area contributed by atoms with E-state index in [2.05, 4.69) is 54.1 Å². The van der Waals surface area contributed by atoms with Crippen LogP contribution in [-0.2, 0) is 9.47 Å². The van der Waals surface area contributed by atoms with Crippen molar-refractivity contribution in [2.24, 2.45) is 46.3 Å². The van der Waals surface area contributed by atoms with Gasteiger partial charge in [-0.3, -0.25) is 0 Å². The van der Waals surface area contributed by atoms with Gasteiger partial charge in [0.05, 0.1) is 27.7 Å². The van der Waals surface area contributed by atoms with Gasteiger partial charge in [-0.15, -0.1) is 0 Å². The van der Waals surface area contributed by atoms with E-state index >= 15 is 0 Å². The van der Waals surface area contributed by atoms with Crippen molar-refractivity contribution in [2.75, 3.05) is 40.9 Å². The van der Waals surface area contributed by atoms with Gasteiger partial charge in [0, 0.05) is 6.61 Å². The molecule has 3 N–H and O–H groups in total. The monoisotopic (exact) mass is 562 g/mol. The lowest BCUT2D eigenvalue weighted by molar-refractivity contribution is -0.874. The summed E-state index contributed by atoms with van der Waals surface area (Å²) in [5, 5.41) is 30.8. The summed E-state index contributed by atoms with van der Waals surface area (Å²) in [5.74, 6) is 5.06. The van der Waals surface area contributed by atoms with Crippen LogP contribution in [-0.4, -0.2) is 91.2 Å². The van der Waals surface area contributed by atoms with Crippen molar-refractivity contribution in [2.45, 2.75) is 115 Å². The first kappa shape index (κ1) is 30.9. The molecule has 0 amide bonds. The molecule has 0 bridgehead atoms. The number of rotatable bonds is 9. The van der Waals surface area contributed by atoms with E-state index in [0.717, 1.165) is 42.4 Å². The first-order valence-corrected chi connectivity index (χ1v) is 16.6. The molecule has 4 aliphatic carbocycles. The maximum Gasteiger partial charge on any atom is 0.135 e. The molecule has 6 nitrogen and oxygen atoms in total. The lowest BCUT2D eigenvalue weighted by atomic mass is 9.45. The molecule has 6 heteroatoms. The van der Waals surface area contributed by atoms with E-state index in [9.17, 15) is 15.3 Å². The smallest absolute Gasteiger partial charge is 0.135 e. The molecule has 3 unspecified atom stereocenters. The van der Waals surface area contributed by atoms with Crippen LogP contribution in [0.4, 0.5) is 0 Å². The van der Waals surface area contributed by atoms with Crippen molar-refractivity contribution in [3.05, 3.63) is 12.2 Å². The lowest BCUT2D eigenvalue weighted by Gasteiger charge is -2.60. The average Bonchev–Trinajstić information content (AvgIpc) is 3.25. The summed E-state index contributed by atoms with van der Waals surface area (Å²) in [6.07, 6.45) is 14.0. The molecule has 230 valence electrons. The van der Waals surface area contributed by atoms with Gasteiger partial charge in [0.25, 0.3) is 0 Å². The maximum absolute atomic E-state index is 10.6. The number of hydrogen-bond acceptors (Lipinski definition) is 5. The summed E-state index contributed by atoms with van der Waals surface area (Å²) in [6.45, 7) is 9.11. The molecule has 5 rings (SSSR count). The highest BCUT2D eigenvalue weighted by atomic mass is 16.6. The highest BCUT2D eigenvalue weighted by Gasteiger charge is 2.59. The van der Waals surface area contributed by atoms with Gasteiger partial charge in [-0.2, -0.15) is 0 Å². The molecule has 13 atom stereocenters. The Kier molecular flexibility index (Phi) is 9.19. The summed E-state index contributed by atoms with van der Waals surface area (Å²) in [4.78, 5) is 0. The molecule has 40 heavy (non-hydrogen) atoms. The van der Waals surface area contributed by atoms with Gasteiger partial charge in [0.1, 0.15) is 37.1 Å². The van der Waals surface area contributed by atoms with E-state index in [4.69, 9.17) is 9.47 Å². The zero-order valence-corrected chi connectivity index (χ0v) is 26.3. The van der Waals surface area contributed by atoms with E-state index in [0.29, 0.717) is 34.4 Å². The molecule has 0 aromatic heterocycles. The molecule has 4 fully saturated rings. The van der Waals surface area contributed by atoms with Crippen LogP contribution >= 0.6 is 0 Å². The summed E-state index contributed by atoms with van der Waals surface area (Å²) >= 11 is 0. The first-order valence-electron chi connectivity index (χ1n) is 16.6. The number of quaternary nitrogens is 1. The van der Waals surface area contributed by atoms with Crippen LogP contribution in [0.25, 0.3) is 0 Å². The van der Waals surface area contributed by atoms with Gasteiger partial charge >= 0.3 is 0 Å². The molecule has 1 heterocycles. The van der Waals surface area contributed by atoms with Gasteiger partial charge in [0.15, 0.2) is 0 Å². The minimum atomic E-state index is -1.20. The van der Waals surface area contributed by atoms with Gasteiger partial charge in [0.2, 0.25) is 0 Å². The van der Waals surface area contributed by atoms with Gasteiger partial charge in [-0.25, -0.2) is 0 Å². The van der Waals surface area contributed by atoms with E-state index in [1.165, 1.54) is 51.4 Å². The number of nitrogens with zero attached hydrogens (tertiary/aromatic N) is 1. The van der Waals surface area contributed by atoms with E-state index in [1.54, 1.807) is 0 Å². The second-order valence-corrected chi connectivity index (χ2v) is 16.1. The van der Waals surface area contributed by atoms with Crippen molar-refractivity contribution < 1.29 is 29.3 Å². The van der Waals surface area contributed by atoms with Crippen molar-refractivity contribution in [1.82, 2.24) is 0 Å². The van der Waals surface area contributed by atoms with Crippen molar-refractivity contribution in [3.63, 3.8) is 0 Å². The second kappa shape index (κ2) is 11.9. The van der Waals surface area contributed by atoms with Gasteiger partial charge < -0.3 is 29.3 Å².